The standard InChI is InChI=1S/C11H9ClO2/c1-8-4-5-10(11(13)14)7-9(8)3-2-6-12/h4-5,7H,6H2,1H3,(H,13,14). The number of carboxylic acid groups (broad SMARTS) is 1. The molecule has 0 aliphatic carbocycles. The molecule has 1 aromatic carbocycles. The summed E-state index contributed by atoms with van der Waals surface area (Å²) in [6.45, 7) is 1.88. The maximum Gasteiger partial charge on any atom is 0.335 e. The van der Waals surface area contributed by atoms with Gasteiger partial charge in [0.05, 0.1) is 11.4 Å². The zero-order valence-corrected chi connectivity index (χ0v) is 8.43. The molecule has 1 aromatic rings. The van der Waals surface area contributed by atoms with Crippen molar-refractivity contribution >= 4 is 17.6 Å². The average Bonchev–Trinajstić information content (AvgIpc) is 2.16. The summed E-state index contributed by atoms with van der Waals surface area (Å²) in [5.41, 5.74) is 1.91. The molecular formula is C11H9ClO2. The van der Waals surface area contributed by atoms with Crippen LogP contribution < -0.4 is 0 Å². The van der Waals surface area contributed by atoms with E-state index in [1.807, 2.05) is 6.92 Å². The second-order valence-electron chi connectivity index (χ2n) is 2.77. The first-order chi connectivity index (χ1) is 6.65. The molecule has 0 unspecified atom stereocenters. The monoisotopic (exact) mass is 208 g/mol. The van der Waals surface area contributed by atoms with Gasteiger partial charge in [-0.3, -0.25) is 0 Å². The van der Waals surface area contributed by atoms with Gasteiger partial charge in [-0.25, -0.2) is 4.79 Å². The maximum absolute atomic E-state index is 10.7. The van der Waals surface area contributed by atoms with Crippen LogP contribution in [0.4, 0.5) is 0 Å². The van der Waals surface area contributed by atoms with Crippen LogP contribution in [0.3, 0.4) is 0 Å². The van der Waals surface area contributed by atoms with Crippen molar-refractivity contribution in [2.45, 2.75) is 6.92 Å². The van der Waals surface area contributed by atoms with Gasteiger partial charge in [-0.1, -0.05) is 17.9 Å². The molecule has 0 aromatic heterocycles. The molecule has 72 valence electrons. The molecule has 0 saturated heterocycles. The summed E-state index contributed by atoms with van der Waals surface area (Å²) in [6.07, 6.45) is 0. The second-order valence-corrected chi connectivity index (χ2v) is 3.04. The number of carboxylic acids is 1. The molecule has 0 spiro atoms. The number of halogens is 1. The molecule has 0 amide bonds. The SMILES string of the molecule is Cc1ccc(C(=O)O)cc1C#CCCl. The van der Waals surface area contributed by atoms with Gasteiger partial charge in [0.15, 0.2) is 0 Å². The lowest BCUT2D eigenvalue weighted by molar-refractivity contribution is 0.0697. The lowest BCUT2D eigenvalue weighted by Crippen LogP contribution is -1.97. The Morgan fingerprint density at radius 2 is 2.29 bits per heavy atom. The highest BCUT2D eigenvalue weighted by Crippen LogP contribution is 2.09. The van der Waals surface area contributed by atoms with Gasteiger partial charge in [-0.05, 0) is 24.6 Å². The van der Waals surface area contributed by atoms with Crippen molar-refractivity contribution in [2.75, 3.05) is 5.88 Å². The Hall–Kier alpha value is -1.46. The van der Waals surface area contributed by atoms with E-state index < -0.39 is 5.97 Å². The number of aryl methyl sites for hydroxylation is 1. The Labute approximate surface area is 87.5 Å². The summed E-state index contributed by atoms with van der Waals surface area (Å²) in [7, 11) is 0. The molecular weight excluding hydrogens is 200 g/mol. The van der Waals surface area contributed by atoms with Gasteiger partial charge >= 0.3 is 5.97 Å². The van der Waals surface area contributed by atoms with Gasteiger partial charge in [0.1, 0.15) is 0 Å². The molecule has 3 heteroatoms. The second kappa shape index (κ2) is 4.69. The molecule has 0 aliphatic rings. The molecule has 1 rings (SSSR count). The summed E-state index contributed by atoms with van der Waals surface area (Å²) in [4.78, 5) is 10.7. The Morgan fingerprint density at radius 3 is 2.86 bits per heavy atom. The fourth-order valence-electron chi connectivity index (χ4n) is 1.02. The predicted molar refractivity (Wildman–Crippen MR) is 55.7 cm³/mol. The van der Waals surface area contributed by atoms with Gasteiger partial charge in [0.25, 0.3) is 0 Å². The number of rotatable bonds is 1. The van der Waals surface area contributed by atoms with Crippen LogP contribution in [0.5, 0.6) is 0 Å². The predicted octanol–water partition coefficient (Wildman–Crippen LogP) is 2.28. The van der Waals surface area contributed by atoms with E-state index >= 15 is 0 Å². The van der Waals surface area contributed by atoms with E-state index in [2.05, 4.69) is 11.8 Å². The lowest BCUT2D eigenvalue weighted by Gasteiger charge is -1.99. The van der Waals surface area contributed by atoms with E-state index in [1.165, 1.54) is 0 Å². The summed E-state index contributed by atoms with van der Waals surface area (Å²) >= 11 is 5.42. The van der Waals surface area contributed by atoms with E-state index in [0.717, 1.165) is 5.56 Å². The highest BCUT2D eigenvalue weighted by atomic mass is 35.5. The van der Waals surface area contributed by atoms with Crippen molar-refractivity contribution in [3.63, 3.8) is 0 Å². The molecule has 0 bridgehead atoms. The molecule has 1 N–H and O–H groups in total. The Kier molecular flexibility index (Phi) is 3.55. The molecule has 0 radical (unpaired) electrons. The molecule has 0 heterocycles. The Bertz CT molecular complexity index is 413. The fraction of sp³-hybridized carbons (Fsp3) is 0.182. The summed E-state index contributed by atoms with van der Waals surface area (Å²) in [6, 6.07) is 4.85. The van der Waals surface area contributed by atoms with Crippen LogP contribution in [0.15, 0.2) is 18.2 Å². The summed E-state index contributed by atoms with van der Waals surface area (Å²) < 4.78 is 0. The first-order valence-electron chi connectivity index (χ1n) is 4.04. The number of hydrogen-bond acceptors (Lipinski definition) is 1. The third kappa shape index (κ3) is 2.51. The van der Waals surface area contributed by atoms with E-state index in [1.54, 1.807) is 18.2 Å². The number of hydrogen-bond donors (Lipinski definition) is 1. The van der Waals surface area contributed by atoms with Crippen molar-refractivity contribution in [1.82, 2.24) is 0 Å². The van der Waals surface area contributed by atoms with Crippen LogP contribution in [0, 0.1) is 18.8 Å². The van der Waals surface area contributed by atoms with Crippen LogP contribution in [0.1, 0.15) is 21.5 Å². The van der Waals surface area contributed by atoms with E-state index in [-0.39, 0.29) is 11.4 Å². The number of aromatic carboxylic acids is 1. The van der Waals surface area contributed by atoms with Gasteiger partial charge < -0.3 is 5.11 Å². The van der Waals surface area contributed by atoms with Gasteiger partial charge in [0.2, 0.25) is 0 Å². The minimum atomic E-state index is -0.945. The lowest BCUT2D eigenvalue weighted by atomic mass is 10.1. The normalized spacial score (nSPS) is 9.00. The number of alkyl halides is 1. The quantitative estimate of drug-likeness (QED) is 0.568. The van der Waals surface area contributed by atoms with Crippen LogP contribution in [0.2, 0.25) is 0 Å². The minimum Gasteiger partial charge on any atom is -0.478 e. The molecule has 2 nitrogen and oxygen atoms in total. The molecule has 0 aliphatic heterocycles. The molecule has 14 heavy (non-hydrogen) atoms. The zero-order valence-electron chi connectivity index (χ0n) is 7.67. The van der Waals surface area contributed by atoms with Crippen molar-refractivity contribution in [3.05, 3.63) is 34.9 Å². The van der Waals surface area contributed by atoms with Crippen LogP contribution in [-0.4, -0.2) is 17.0 Å². The zero-order chi connectivity index (χ0) is 10.6. The van der Waals surface area contributed by atoms with E-state index in [4.69, 9.17) is 16.7 Å². The van der Waals surface area contributed by atoms with E-state index in [0.29, 0.717) is 5.56 Å². The highest BCUT2D eigenvalue weighted by Gasteiger charge is 2.03. The van der Waals surface area contributed by atoms with Crippen molar-refractivity contribution < 1.29 is 9.90 Å². The van der Waals surface area contributed by atoms with Crippen molar-refractivity contribution in [2.24, 2.45) is 0 Å². The third-order valence-electron chi connectivity index (χ3n) is 1.77. The highest BCUT2D eigenvalue weighted by molar-refractivity contribution is 6.19. The van der Waals surface area contributed by atoms with Crippen LogP contribution >= 0.6 is 11.6 Å². The Morgan fingerprint density at radius 1 is 1.57 bits per heavy atom. The summed E-state index contributed by atoms with van der Waals surface area (Å²) in [5.74, 6) is 4.81. The number of carbonyl (C=O) groups is 1. The maximum atomic E-state index is 10.7. The fourth-order valence-corrected chi connectivity index (χ4v) is 1.09. The van der Waals surface area contributed by atoms with E-state index in [9.17, 15) is 4.79 Å². The average molecular weight is 209 g/mol. The molecule has 0 atom stereocenters. The minimum absolute atomic E-state index is 0.245. The molecule has 0 saturated carbocycles. The number of benzene rings is 1. The third-order valence-corrected chi connectivity index (χ3v) is 1.91. The first-order valence-corrected chi connectivity index (χ1v) is 4.57. The largest absolute Gasteiger partial charge is 0.478 e. The first kappa shape index (κ1) is 10.6. The van der Waals surface area contributed by atoms with Gasteiger partial charge in [-0.15, -0.1) is 11.6 Å². The van der Waals surface area contributed by atoms with Crippen molar-refractivity contribution in [3.8, 4) is 11.8 Å². The molecule has 0 fully saturated rings. The smallest absolute Gasteiger partial charge is 0.335 e. The van der Waals surface area contributed by atoms with Gasteiger partial charge in [0, 0.05) is 5.56 Å². The van der Waals surface area contributed by atoms with Gasteiger partial charge in [-0.2, -0.15) is 0 Å². The van der Waals surface area contributed by atoms with Crippen molar-refractivity contribution in [1.29, 1.82) is 0 Å². The summed E-state index contributed by atoms with van der Waals surface area (Å²) in [5, 5.41) is 8.75. The Balaban J connectivity index is 3.14. The van der Waals surface area contributed by atoms with Crippen LogP contribution in [0.25, 0.3) is 0 Å². The topological polar surface area (TPSA) is 37.3 Å². The van der Waals surface area contributed by atoms with Crippen LogP contribution in [-0.2, 0) is 0 Å².